The van der Waals surface area contributed by atoms with E-state index >= 15 is 0 Å². The Morgan fingerprint density at radius 1 is 1.36 bits per heavy atom. The Kier molecular flexibility index (Phi) is 4.81. The van der Waals surface area contributed by atoms with E-state index in [0.29, 0.717) is 33.8 Å². The van der Waals surface area contributed by atoms with E-state index in [2.05, 4.69) is 15.3 Å². The molecule has 1 saturated heterocycles. The minimum absolute atomic E-state index is 0.207. The molecule has 1 fully saturated rings. The van der Waals surface area contributed by atoms with Crippen LogP contribution in [0.2, 0.25) is 5.02 Å². The predicted octanol–water partition coefficient (Wildman–Crippen LogP) is 3.42. The number of carbonyl (C=O) groups excluding carboxylic acids is 1. The van der Waals surface area contributed by atoms with Gasteiger partial charge < -0.3 is 15.8 Å². The summed E-state index contributed by atoms with van der Waals surface area (Å²) in [7, 11) is 0. The monoisotopic (exact) mass is 420 g/mol. The number of hydrogen-bond acceptors (Lipinski definition) is 6. The van der Waals surface area contributed by atoms with Crippen molar-refractivity contribution in [3.8, 4) is 0 Å². The van der Waals surface area contributed by atoms with Gasteiger partial charge in [-0.2, -0.15) is 0 Å². The molecule has 0 bridgehead atoms. The molecule has 3 N–H and O–H groups in total. The van der Waals surface area contributed by atoms with Crippen molar-refractivity contribution in [2.75, 3.05) is 24.3 Å². The van der Waals surface area contributed by atoms with E-state index in [1.165, 1.54) is 36.2 Å². The number of fused-ring (bicyclic) bond motifs is 1. The predicted molar refractivity (Wildman–Crippen MR) is 108 cm³/mol. The van der Waals surface area contributed by atoms with Crippen LogP contribution in [-0.4, -0.2) is 35.0 Å². The van der Waals surface area contributed by atoms with Crippen LogP contribution in [0, 0.1) is 11.2 Å². The average Bonchev–Trinajstić information content (AvgIpc) is 3.01. The number of nitrogens with two attached hydrogens (primary N) is 1. The third-order valence-electron chi connectivity index (χ3n) is 5.20. The number of aliphatic imine (C=N–C) groups is 1. The number of thioether (sulfide) groups is 1. The molecule has 1 amide bonds. The number of carbonyl (C=O) groups is 1. The van der Waals surface area contributed by atoms with Crippen molar-refractivity contribution in [2.45, 2.75) is 12.5 Å². The molecule has 0 aliphatic carbocycles. The maximum Gasteiger partial charge on any atom is 0.274 e. The van der Waals surface area contributed by atoms with E-state index in [-0.39, 0.29) is 12.3 Å². The Morgan fingerprint density at radius 3 is 2.93 bits per heavy atom. The fourth-order valence-electron chi connectivity index (χ4n) is 3.59. The van der Waals surface area contributed by atoms with Gasteiger partial charge in [-0.15, -0.1) is 0 Å². The van der Waals surface area contributed by atoms with Gasteiger partial charge >= 0.3 is 0 Å². The quantitative estimate of drug-likeness (QED) is 0.794. The summed E-state index contributed by atoms with van der Waals surface area (Å²) in [6.07, 6.45) is 1.39. The number of rotatable bonds is 3. The second-order valence-corrected chi connectivity index (χ2v) is 8.59. The Morgan fingerprint density at radius 2 is 2.18 bits per heavy atom. The second-order valence-electron chi connectivity index (χ2n) is 7.16. The average molecular weight is 421 g/mol. The third kappa shape index (κ3) is 3.15. The van der Waals surface area contributed by atoms with Gasteiger partial charge in [-0.05, 0) is 30.3 Å². The van der Waals surface area contributed by atoms with Gasteiger partial charge in [-0.25, -0.2) is 14.4 Å². The lowest BCUT2D eigenvalue weighted by atomic mass is 9.70. The van der Waals surface area contributed by atoms with Gasteiger partial charge in [0.25, 0.3) is 5.91 Å². The van der Waals surface area contributed by atoms with Crippen LogP contribution >= 0.6 is 23.4 Å². The van der Waals surface area contributed by atoms with Crippen LogP contribution in [0.4, 0.5) is 10.1 Å². The van der Waals surface area contributed by atoms with E-state index in [9.17, 15) is 9.18 Å². The molecule has 28 heavy (non-hydrogen) atoms. The summed E-state index contributed by atoms with van der Waals surface area (Å²) in [5, 5.41) is 3.59. The highest BCUT2D eigenvalue weighted by atomic mass is 35.5. The van der Waals surface area contributed by atoms with Crippen LogP contribution < -0.4 is 11.1 Å². The molecule has 2 aromatic rings. The first-order valence-corrected chi connectivity index (χ1v) is 9.98. The van der Waals surface area contributed by atoms with E-state index in [0.717, 1.165) is 0 Å². The zero-order valence-electron chi connectivity index (χ0n) is 15.0. The first-order valence-electron chi connectivity index (χ1n) is 8.62. The number of ether oxygens (including phenoxy) is 1. The number of amidine groups is 1. The SMILES string of the molecule is CC12COCC1(c1cc(NC(=O)c3ccc(Cl)cn3)ccc1F)N=C(N)SC2. The van der Waals surface area contributed by atoms with Crippen LogP contribution in [0.15, 0.2) is 41.5 Å². The highest BCUT2D eigenvalue weighted by molar-refractivity contribution is 8.13. The van der Waals surface area contributed by atoms with Gasteiger partial charge in [0.05, 0.1) is 18.2 Å². The molecule has 2 aliphatic heterocycles. The largest absolute Gasteiger partial charge is 0.379 e. The molecule has 9 heteroatoms. The Bertz CT molecular complexity index is 971. The number of anilines is 1. The minimum atomic E-state index is -0.925. The first-order chi connectivity index (χ1) is 13.3. The molecule has 1 aromatic heterocycles. The summed E-state index contributed by atoms with van der Waals surface area (Å²) < 4.78 is 20.6. The van der Waals surface area contributed by atoms with Gasteiger partial charge in [-0.1, -0.05) is 30.3 Å². The van der Waals surface area contributed by atoms with Crippen LogP contribution in [0.3, 0.4) is 0 Å². The third-order valence-corrected chi connectivity index (χ3v) is 6.59. The number of nitrogens with one attached hydrogen (secondary N) is 1. The summed E-state index contributed by atoms with van der Waals surface area (Å²) in [5.41, 5.74) is 5.65. The first kappa shape index (κ1) is 19.2. The van der Waals surface area contributed by atoms with E-state index in [1.807, 2.05) is 6.92 Å². The topological polar surface area (TPSA) is 89.6 Å². The molecule has 2 aliphatic rings. The number of halogens is 2. The number of nitrogens with zero attached hydrogens (tertiary/aromatic N) is 2. The maximum absolute atomic E-state index is 14.9. The fourth-order valence-corrected chi connectivity index (χ4v) is 4.71. The molecule has 6 nitrogen and oxygen atoms in total. The van der Waals surface area contributed by atoms with Crippen molar-refractivity contribution in [2.24, 2.45) is 16.1 Å². The molecule has 0 spiro atoms. The lowest BCUT2D eigenvalue weighted by Crippen LogP contribution is -2.48. The molecule has 3 heterocycles. The Balaban J connectivity index is 1.70. The number of aromatic nitrogens is 1. The van der Waals surface area contributed by atoms with Crippen LogP contribution in [-0.2, 0) is 10.3 Å². The number of amides is 1. The molecule has 146 valence electrons. The maximum atomic E-state index is 14.9. The standard InChI is InChI=1S/C19H18ClFN4O2S/c1-18-8-27-9-19(18,25-17(22)28-10-18)13-6-12(3-4-14(13)21)24-16(26)15-5-2-11(20)7-23-15/h2-7H,8-10H2,1H3,(H2,22,25)(H,24,26). The van der Waals surface area contributed by atoms with Crippen molar-refractivity contribution < 1.29 is 13.9 Å². The summed E-state index contributed by atoms with van der Waals surface area (Å²) in [5.74, 6) is -0.158. The molecule has 4 rings (SSSR count). The summed E-state index contributed by atoms with van der Waals surface area (Å²) >= 11 is 7.25. The van der Waals surface area contributed by atoms with Crippen molar-refractivity contribution in [1.82, 2.24) is 4.98 Å². The minimum Gasteiger partial charge on any atom is -0.379 e. The van der Waals surface area contributed by atoms with Gasteiger partial charge in [-0.3, -0.25) is 4.79 Å². The highest BCUT2D eigenvalue weighted by Gasteiger charge is 2.57. The van der Waals surface area contributed by atoms with Crippen LogP contribution in [0.1, 0.15) is 23.0 Å². The molecular weight excluding hydrogens is 403 g/mol. The van der Waals surface area contributed by atoms with E-state index in [4.69, 9.17) is 22.1 Å². The van der Waals surface area contributed by atoms with Crippen molar-refractivity contribution in [3.63, 3.8) is 0 Å². The number of hydrogen-bond donors (Lipinski definition) is 2. The van der Waals surface area contributed by atoms with Crippen molar-refractivity contribution in [1.29, 1.82) is 0 Å². The van der Waals surface area contributed by atoms with Gasteiger partial charge in [0.2, 0.25) is 0 Å². The summed E-state index contributed by atoms with van der Waals surface area (Å²) in [6, 6.07) is 7.52. The number of pyridine rings is 1. The summed E-state index contributed by atoms with van der Waals surface area (Å²) in [6.45, 7) is 2.71. The normalized spacial score (nSPS) is 26.5. The van der Waals surface area contributed by atoms with E-state index in [1.54, 1.807) is 12.1 Å². The Hall–Kier alpha value is -2.16. The Labute approximate surface area is 170 Å². The van der Waals surface area contributed by atoms with E-state index < -0.39 is 22.7 Å². The van der Waals surface area contributed by atoms with Crippen LogP contribution in [0.25, 0.3) is 0 Å². The molecule has 1 aromatic carbocycles. The molecular formula is C19H18ClFN4O2S. The molecule has 2 unspecified atom stereocenters. The lowest BCUT2D eigenvalue weighted by molar-refractivity contribution is 0.102. The van der Waals surface area contributed by atoms with Crippen LogP contribution in [0.5, 0.6) is 0 Å². The fraction of sp³-hybridized carbons (Fsp3) is 0.316. The van der Waals surface area contributed by atoms with Crippen molar-refractivity contribution >= 4 is 40.1 Å². The molecule has 0 radical (unpaired) electrons. The lowest BCUT2D eigenvalue weighted by Gasteiger charge is -2.42. The summed E-state index contributed by atoms with van der Waals surface area (Å²) in [4.78, 5) is 21.1. The second kappa shape index (κ2) is 7.02. The van der Waals surface area contributed by atoms with Crippen molar-refractivity contribution in [3.05, 3.63) is 58.6 Å². The number of benzene rings is 1. The smallest absolute Gasteiger partial charge is 0.274 e. The molecule has 0 saturated carbocycles. The zero-order valence-corrected chi connectivity index (χ0v) is 16.6. The van der Waals surface area contributed by atoms with Gasteiger partial charge in [0.15, 0.2) is 5.17 Å². The highest BCUT2D eigenvalue weighted by Crippen LogP contribution is 2.53. The molecule has 2 atom stereocenters. The van der Waals surface area contributed by atoms with Gasteiger partial charge in [0, 0.05) is 28.6 Å². The zero-order chi connectivity index (χ0) is 19.9. The van der Waals surface area contributed by atoms with Gasteiger partial charge in [0.1, 0.15) is 17.1 Å².